The van der Waals surface area contributed by atoms with Crippen LogP contribution in [-0.2, 0) is 4.74 Å². The molecule has 2 aromatic heterocycles. The minimum absolute atomic E-state index is 0.0726. The molecule has 0 aliphatic carbocycles. The molecule has 1 N–H and O–H groups in total. The number of rotatable bonds is 4. The average Bonchev–Trinajstić information content (AvgIpc) is 2.71. The Bertz CT molecular complexity index is 479. The smallest absolute Gasteiger partial charge is 0.213 e. The van der Waals surface area contributed by atoms with Gasteiger partial charge in [-0.25, -0.2) is 4.98 Å². The van der Waals surface area contributed by atoms with Crippen molar-refractivity contribution >= 4 is 10.9 Å². The Morgan fingerprint density at radius 3 is 2.94 bits per heavy atom. The Morgan fingerprint density at radius 2 is 2.25 bits per heavy atom. The summed E-state index contributed by atoms with van der Waals surface area (Å²) in [4.78, 5) is 7.44. The van der Waals surface area contributed by atoms with Gasteiger partial charge >= 0.3 is 0 Å². The van der Waals surface area contributed by atoms with Crippen molar-refractivity contribution in [3.05, 3.63) is 24.0 Å². The van der Waals surface area contributed by atoms with Gasteiger partial charge in [0, 0.05) is 23.8 Å². The van der Waals surface area contributed by atoms with Crippen molar-refractivity contribution in [1.82, 2.24) is 9.97 Å². The Morgan fingerprint density at radius 1 is 1.44 bits per heavy atom. The number of hydrogen-bond donors (Lipinski definition) is 1. The van der Waals surface area contributed by atoms with Crippen LogP contribution in [0.5, 0.6) is 5.88 Å². The van der Waals surface area contributed by atoms with Gasteiger partial charge < -0.3 is 14.5 Å². The van der Waals surface area contributed by atoms with Crippen LogP contribution in [-0.4, -0.2) is 23.7 Å². The second-order valence-corrected chi connectivity index (χ2v) is 3.64. The number of nitrogens with one attached hydrogen (secondary N) is 1. The van der Waals surface area contributed by atoms with Gasteiger partial charge in [-0.2, -0.15) is 0 Å². The highest BCUT2D eigenvalue weighted by molar-refractivity contribution is 5.80. The van der Waals surface area contributed by atoms with Crippen LogP contribution < -0.4 is 4.74 Å². The van der Waals surface area contributed by atoms with Gasteiger partial charge in [0.1, 0.15) is 0 Å². The molecule has 0 saturated heterocycles. The number of pyridine rings is 1. The molecule has 0 bridgehead atoms. The van der Waals surface area contributed by atoms with Gasteiger partial charge in [0.05, 0.1) is 24.9 Å². The van der Waals surface area contributed by atoms with E-state index in [0.29, 0.717) is 12.5 Å². The van der Waals surface area contributed by atoms with E-state index in [1.807, 2.05) is 19.9 Å². The van der Waals surface area contributed by atoms with Crippen LogP contribution in [0.2, 0.25) is 0 Å². The minimum Gasteiger partial charge on any atom is -0.481 e. The normalized spacial score (nSPS) is 12.9. The first-order valence-electron chi connectivity index (χ1n) is 5.39. The molecule has 2 aromatic rings. The summed E-state index contributed by atoms with van der Waals surface area (Å²) in [6.45, 7) is 4.72. The maximum Gasteiger partial charge on any atom is 0.213 e. The molecule has 2 rings (SSSR count). The van der Waals surface area contributed by atoms with E-state index in [2.05, 4.69) is 16.0 Å². The maximum absolute atomic E-state index is 5.53. The fraction of sp³-hybridized carbons (Fsp3) is 0.417. The van der Waals surface area contributed by atoms with Gasteiger partial charge in [-0.1, -0.05) is 0 Å². The number of H-pyrrole nitrogens is 1. The first-order valence-corrected chi connectivity index (χ1v) is 5.39. The van der Waals surface area contributed by atoms with Crippen LogP contribution in [0.15, 0.2) is 18.3 Å². The lowest BCUT2D eigenvalue weighted by Crippen LogP contribution is -1.99. The zero-order valence-electron chi connectivity index (χ0n) is 9.78. The van der Waals surface area contributed by atoms with Crippen LogP contribution >= 0.6 is 0 Å². The maximum atomic E-state index is 5.53. The van der Waals surface area contributed by atoms with E-state index in [9.17, 15) is 0 Å². The molecule has 0 aromatic carbocycles. The van der Waals surface area contributed by atoms with Gasteiger partial charge in [-0.3, -0.25) is 0 Å². The van der Waals surface area contributed by atoms with Crippen LogP contribution in [0.1, 0.15) is 25.6 Å². The van der Waals surface area contributed by atoms with Crippen LogP contribution in [0.4, 0.5) is 0 Å². The molecule has 0 aliphatic heterocycles. The molecule has 0 aliphatic rings. The summed E-state index contributed by atoms with van der Waals surface area (Å²) >= 11 is 0. The topological polar surface area (TPSA) is 47.1 Å². The standard InChI is InChI=1S/C12H16N2O2/c1-4-16-8(2)10-5-9-6-12(15-3)13-7-11(9)14-10/h5-8,14H,4H2,1-3H3. The van der Waals surface area contributed by atoms with E-state index >= 15 is 0 Å². The third kappa shape index (κ3) is 2.02. The molecular formula is C12H16N2O2. The van der Waals surface area contributed by atoms with E-state index in [-0.39, 0.29) is 6.10 Å². The van der Waals surface area contributed by atoms with Crippen molar-refractivity contribution < 1.29 is 9.47 Å². The second kappa shape index (κ2) is 4.53. The lowest BCUT2D eigenvalue weighted by Gasteiger charge is -2.08. The molecular weight excluding hydrogens is 204 g/mol. The highest BCUT2D eigenvalue weighted by Gasteiger charge is 2.09. The fourth-order valence-corrected chi connectivity index (χ4v) is 1.70. The van der Waals surface area contributed by atoms with Gasteiger partial charge in [0.2, 0.25) is 5.88 Å². The molecule has 0 spiro atoms. The molecule has 4 nitrogen and oxygen atoms in total. The molecule has 0 saturated carbocycles. The van der Waals surface area contributed by atoms with Crippen molar-refractivity contribution in [3.8, 4) is 5.88 Å². The molecule has 0 fully saturated rings. The van der Waals surface area contributed by atoms with Crippen molar-refractivity contribution in [1.29, 1.82) is 0 Å². The van der Waals surface area contributed by atoms with E-state index in [4.69, 9.17) is 9.47 Å². The number of aromatic amines is 1. The van der Waals surface area contributed by atoms with Crippen molar-refractivity contribution in [2.24, 2.45) is 0 Å². The Hall–Kier alpha value is -1.55. The number of fused-ring (bicyclic) bond motifs is 1. The quantitative estimate of drug-likeness (QED) is 0.861. The number of ether oxygens (including phenoxy) is 2. The van der Waals surface area contributed by atoms with Crippen LogP contribution in [0.3, 0.4) is 0 Å². The average molecular weight is 220 g/mol. The Kier molecular flexibility index (Phi) is 3.10. The summed E-state index contributed by atoms with van der Waals surface area (Å²) < 4.78 is 10.6. The SMILES string of the molecule is CCOC(C)c1cc2cc(OC)ncc2[nH]1. The summed E-state index contributed by atoms with van der Waals surface area (Å²) in [6, 6.07) is 3.98. The monoisotopic (exact) mass is 220 g/mol. The zero-order chi connectivity index (χ0) is 11.5. The fourth-order valence-electron chi connectivity index (χ4n) is 1.70. The lowest BCUT2D eigenvalue weighted by atomic mass is 10.2. The predicted octanol–water partition coefficient (Wildman–Crippen LogP) is 2.67. The van der Waals surface area contributed by atoms with Crippen molar-refractivity contribution in [2.45, 2.75) is 20.0 Å². The molecule has 0 radical (unpaired) electrons. The number of nitrogens with zero attached hydrogens (tertiary/aromatic N) is 1. The predicted molar refractivity (Wildman–Crippen MR) is 62.7 cm³/mol. The first-order chi connectivity index (χ1) is 7.74. The lowest BCUT2D eigenvalue weighted by molar-refractivity contribution is 0.0739. The van der Waals surface area contributed by atoms with Crippen molar-refractivity contribution in [3.63, 3.8) is 0 Å². The number of hydrogen-bond acceptors (Lipinski definition) is 3. The summed E-state index contributed by atoms with van der Waals surface area (Å²) in [6.07, 6.45) is 1.85. The van der Waals surface area contributed by atoms with E-state index in [1.54, 1.807) is 13.3 Å². The van der Waals surface area contributed by atoms with Crippen LogP contribution in [0.25, 0.3) is 10.9 Å². The molecule has 1 unspecified atom stereocenters. The largest absolute Gasteiger partial charge is 0.481 e. The van der Waals surface area contributed by atoms with E-state index in [0.717, 1.165) is 16.6 Å². The van der Waals surface area contributed by atoms with Gasteiger partial charge in [-0.15, -0.1) is 0 Å². The zero-order valence-corrected chi connectivity index (χ0v) is 9.78. The number of methoxy groups -OCH3 is 1. The third-order valence-corrected chi connectivity index (χ3v) is 2.56. The molecule has 0 amide bonds. The summed E-state index contributed by atoms with van der Waals surface area (Å²) in [5.41, 5.74) is 2.06. The first kappa shape index (κ1) is 11.0. The molecule has 1 atom stereocenters. The highest BCUT2D eigenvalue weighted by Crippen LogP contribution is 2.23. The van der Waals surface area contributed by atoms with Gasteiger partial charge in [0.15, 0.2) is 0 Å². The van der Waals surface area contributed by atoms with E-state index in [1.165, 1.54) is 0 Å². The van der Waals surface area contributed by atoms with Gasteiger partial charge in [-0.05, 0) is 19.9 Å². The molecule has 16 heavy (non-hydrogen) atoms. The summed E-state index contributed by atoms with van der Waals surface area (Å²) in [5.74, 6) is 0.627. The Labute approximate surface area is 94.6 Å². The summed E-state index contributed by atoms with van der Waals surface area (Å²) in [5, 5.41) is 1.09. The molecule has 2 heterocycles. The van der Waals surface area contributed by atoms with Crippen molar-refractivity contribution in [2.75, 3.05) is 13.7 Å². The molecule has 86 valence electrons. The Balaban J connectivity index is 2.35. The minimum atomic E-state index is 0.0726. The second-order valence-electron chi connectivity index (χ2n) is 3.64. The third-order valence-electron chi connectivity index (χ3n) is 2.56. The van der Waals surface area contributed by atoms with Gasteiger partial charge in [0.25, 0.3) is 0 Å². The highest BCUT2D eigenvalue weighted by atomic mass is 16.5. The number of aromatic nitrogens is 2. The van der Waals surface area contributed by atoms with Crippen LogP contribution in [0, 0.1) is 0 Å². The molecule has 4 heteroatoms. The summed E-state index contributed by atoms with van der Waals surface area (Å²) in [7, 11) is 1.62. The van der Waals surface area contributed by atoms with E-state index < -0.39 is 0 Å².